The lowest BCUT2D eigenvalue weighted by molar-refractivity contribution is -0.138. The minimum absolute atomic E-state index is 0.0850. The smallest absolute Gasteiger partial charge is 0.311 e. The average molecular weight is 298 g/mol. The van der Waals surface area contributed by atoms with E-state index >= 15 is 0 Å². The lowest BCUT2D eigenvalue weighted by Gasteiger charge is -2.20. The molecule has 0 bridgehead atoms. The van der Waals surface area contributed by atoms with E-state index in [0.29, 0.717) is 12.0 Å². The third kappa shape index (κ3) is 3.88. The molecule has 0 saturated heterocycles. The molecule has 3 heteroatoms. The number of hydrogen-bond acceptors (Lipinski definition) is 2. The highest BCUT2D eigenvalue weighted by Crippen LogP contribution is 2.26. The summed E-state index contributed by atoms with van der Waals surface area (Å²) in [7, 11) is 0. The van der Waals surface area contributed by atoms with E-state index in [4.69, 9.17) is 0 Å². The highest BCUT2D eigenvalue weighted by Gasteiger charge is 2.21. The number of benzene rings is 2. The van der Waals surface area contributed by atoms with Gasteiger partial charge in [-0.15, -0.1) is 0 Å². The van der Waals surface area contributed by atoms with Crippen LogP contribution < -0.4 is 0 Å². The number of phenols is 1. The van der Waals surface area contributed by atoms with Crippen molar-refractivity contribution in [1.82, 2.24) is 0 Å². The maximum atomic E-state index is 11.6. The van der Waals surface area contributed by atoms with Gasteiger partial charge in [-0.2, -0.15) is 0 Å². The first-order valence-corrected chi connectivity index (χ1v) is 7.38. The molecule has 2 rings (SSSR count). The summed E-state index contributed by atoms with van der Waals surface area (Å²) < 4.78 is 0. The van der Waals surface area contributed by atoms with Gasteiger partial charge in [-0.1, -0.05) is 57.2 Å². The highest BCUT2D eigenvalue weighted by atomic mass is 16.4. The minimum Gasteiger partial charge on any atom is -0.508 e. The van der Waals surface area contributed by atoms with E-state index in [0.717, 1.165) is 5.56 Å². The second kappa shape index (κ2) is 6.22. The predicted molar refractivity (Wildman–Crippen MR) is 87.3 cm³/mol. The number of phenolic OH excluding ortho intramolecular Hbond substituents is 1. The number of rotatable bonds is 4. The summed E-state index contributed by atoms with van der Waals surface area (Å²) >= 11 is 0. The van der Waals surface area contributed by atoms with Crippen LogP contribution >= 0.6 is 0 Å². The zero-order chi connectivity index (χ0) is 16.3. The SMILES string of the molecule is CC(C)(C)c1ccc(CC(C(=O)O)c2ccc(O)cc2)cc1. The molecule has 0 aliphatic rings. The van der Waals surface area contributed by atoms with Crippen molar-refractivity contribution in [3.8, 4) is 5.75 Å². The van der Waals surface area contributed by atoms with Crippen molar-refractivity contribution in [3.05, 3.63) is 65.2 Å². The molecule has 0 aliphatic carbocycles. The Hall–Kier alpha value is -2.29. The fourth-order valence-corrected chi connectivity index (χ4v) is 2.43. The van der Waals surface area contributed by atoms with Gasteiger partial charge in [0.05, 0.1) is 5.92 Å². The van der Waals surface area contributed by atoms with Crippen LogP contribution in [0, 0.1) is 0 Å². The summed E-state index contributed by atoms with van der Waals surface area (Å²) in [6.45, 7) is 6.45. The molecular formula is C19H22O3. The maximum Gasteiger partial charge on any atom is 0.311 e. The van der Waals surface area contributed by atoms with E-state index < -0.39 is 11.9 Å². The molecule has 1 atom stereocenters. The summed E-state index contributed by atoms with van der Waals surface area (Å²) in [5.41, 5.74) is 3.01. The zero-order valence-corrected chi connectivity index (χ0v) is 13.2. The molecule has 3 nitrogen and oxygen atoms in total. The molecule has 0 heterocycles. The number of carbonyl (C=O) groups is 1. The molecule has 0 saturated carbocycles. The average Bonchev–Trinajstić information content (AvgIpc) is 2.45. The number of hydrogen-bond donors (Lipinski definition) is 2. The Morgan fingerprint density at radius 2 is 1.55 bits per heavy atom. The molecule has 116 valence electrons. The van der Waals surface area contributed by atoms with Gasteiger partial charge < -0.3 is 10.2 Å². The molecule has 2 N–H and O–H groups in total. The Kier molecular flexibility index (Phi) is 4.55. The largest absolute Gasteiger partial charge is 0.508 e. The van der Waals surface area contributed by atoms with Crippen LogP contribution in [-0.4, -0.2) is 16.2 Å². The van der Waals surface area contributed by atoms with Crippen molar-refractivity contribution in [3.63, 3.8) is 0 Å². The van der Waals surface area contributed by atoms with Gasteiger partial charge >= 0.3 is 5.97 Å². The lowest BCUT2D eigenvalue weighted by atomic mass is 9.85. The minimum atomic E-state index is -0.856. The normalized spacial score (nSPS) is 12.9. The third-order valence-corrected chi connectivity index (χ3v) is 3.85. The van der Waals surface area contributed by atoms with E-state index in [2.05, 4.69) is 32.9 Å². The summed E-state index contributed by atoms with van der Waals surface area (Å²) in [6, 6.07) is 14.5. The van der Waals surface area contributed by atoms with Crippen LogP contribution in [0.25, 0.3) is 0 Å². The quantitative estimate of drug-likeness (QED) is 0.893. The van der Waals surface area contributed by atoms with Gasteiger partial charge in [0.2, 0.25) is 0 Å². The van der Waals surface area contributed by atoms with Crippen LogP contribution in [0.4, 0.5) is 0 Å². The maximum absolute atomic E-state index is 11.6. The lowest BCUT2D eigenvalue weighted by Crippen LogP contribution is -2.15. The summed E-state index contributed by atoms with van der Waals surface area (Å²) in [5, 5.41) is 18.8. The molecule has 2 aromatic rings. The standard InChI is InChI=1S/C19H22O3/c1-19(2,3)15-8-4-13(5-9-15)12-17(18(21)22)14-6-10-16(20)11-7-14/h4-11,17,20H,12H2,1-3H3,(H,21,22). The van der Waals surface area contributed by atoms with Gasteiger partial charge in [0.15, 0.2) is 0 Å². The predicted octanol–water partition coefficient (Wildman–Crippen LogP) is 4.10. The van der Waals surface area contributed by atoms with Crippen molar-refractivity contribution in [2.24, 2.45) is 0 Å². The number of aromatic hydroxyl groups is 1. The second-order valence-corrected chi connectivity index (χ2v) is 6.63. The van der Waals surface area contributed by atoms with E-state index in [9.17, 15) is 15.0 Å². The van der Waals surface area contributed by atoms with E-state index in [1.165, 1.54) is 17.7 Å². The topological polar surface area (TPSA) is 57.5 Å². The van der Waals surface area contributed by atoms with E-state index in [1.807, 2.05) is 12.1 Å². The van der Waals surface area contributed by atoms with Crippen LogP contribution in [0.1, 0.15) is 43.4 Å². The molecule has 0 amide bonds. The van der Waals surface area contributed by atoms with Crippen molar-refractivity contribution in [2.75, 3.05) is 0 Å². The molecule has 0 spiro atoms. The Morgan fingerprint density at radius 1 is 1.00 bits per heavy atom. The highest BCUT2D eigenvalue weighted by molar-refractivity contribution is 5.76. The van der Waals surface area contributed by atoms with Crippen LogP contribution in [0.15, 0.2) is 48.5 Å². The fourth-order valence-electron chi connectivity index (χ4n) is 2.43. The van der Waals surface area contributed by atoms with Gasteiger partial charge in [0.25, 0.3) is 0 Å². The molecule has 0 fully saturated rings. The summed E-state index contributed by atoms with van der Waals surface area (Å²) in [6.07, 6.45) is 0.435. The van der Waals surface area contributed by atoms with Crippen LogP contribution in [0.5, 0.6) is 5.75 Å². The fraction of sp³-hybridized carbons (Fsp3) is 0.316. The molecule has 0 aromatic heterocycles. The van der Waals surface area contributed by atoms with Gasteiger partial charge in [0.1, 0.15) is 5.75 Å². The monoisotopic (exact) mass is 298 g/mol. The Balaban J connectivity index is 2.21. The zero-order valence-electron chi connectivity index (χ0n) is 13.2. The number of carboxylic acid groups (broad SMARTS) is 1. The van der Waals surface area contributed by atoms with Crippen molar-refractivity contribution in [2.45, 2.75) is 38.5 Å². The molecule has 1 unspecified atom stereocenters. The Bertz CT molecular complexity index is 634. The molecule has 0 aliphatic heterocycles. The molecule has 0 radical (unpaired) electrons. The Labute approximate surface area is 131 Å². The first-order chi connectivity index (χ1) is 10.3. The molecule has 2 aromatic carbocycles. The summed E-state index contributed by atoms with van der Waals surface area (Å²) in [5.74, 6) is -1.32. The second-order valence-electron chi connectivity index (χ2n) is 6.63. The van der Waals surface area contributed by atoms with Gasteiger partial charge in [-0.3, -0.25) is 4.79 Å². The van der Waals surface area contributed by atoms with Gasteiger partial charge in [0, 0.05) is 0 Å². The first-order valence-electron chi connectivity index (χ1n) is 7.38. The van der Waals surface area contributed by atoms with Crippen molar-refractivity contribution >= 4 is 5.97 Å². The van der Waals surface area contributed by atoms with Gasteiger partial charge in [-0.25, -0.2) is 0 Å². The van der Waals surface area contributed by atoms with E-state index in [-0.39, 0.29) is 11.2 Å². The third-order valence-electron chi connectivity index (χ3n) is 3.85. The van der Waals surface area contributed by atoms with Crippen LogP contribution in [-0.2, 0) is 16.6 Å². The summed E-state index contributed by atoms with van der Waals surface area (Å²) in [4.78, 5) is 11.6. The van der Waals surface area contributed by atoms with Crippen molar-refractivity contribution < 1.29 is 15.0 Å². The molecular weight excluding hydrogens is 276 g/mol. The first kappa shape index (κ1) is 16.1. The Morgan fingerprint density at radius 3 is 2.00 bits per heavy atom. The van der Waals surface area contributed by atoms with Crippen molar-refractivity contribution in [1.29, 1.82) is 0 Å². The van der Waals surface area contributed by atoms with Crippen LogP contribution in [0.2, 0.25) is 0 Å². The van der Waals surface area contributed by atoms with Gasteiger partial charge in [-0.05, 0) is 40.7 Å². The van der Waals surface area contributed by atoms with Crippen LogP contribution in [0.3, 0.4) is 0 Å². The number of carboxylic acids is 1. The molecule has 22 heavy (non-hydrogen) atoms. The van der Waals surface area contributed by atoms with E-state index in [1.54, 1.807) is 12.1 Å². The number of aliphatic carboxylic acids is 1.